The average Bonchev–Trinajstić information content (AvgIpc) is 3.31. The number of amides is 1. The lowest BCUT2D eigenvalue weighted by Crippen LogP contribution is -2.30. The van der Waals surface area contributed by atoms with Crippen LogP contribution in [0, 0.1) is 6.92 Å². The molecule has 0 spiro atoms. The summed E-state index contributed by atoms with van der Waals surface area (Å²) < 4.78 is 3.98. The third-order valence-electron chi connectivity index (χ3n) is 5.37. The standard InChI is InChI=1S/C23H19ClN4O/c1-16-10-11-25-28(16)18-8-9-20(21(24)13-18)23(29)27-15-19-6-4-12-26(19)14-17-5-2-3-7-22(17)27/h2-13H,14-15H2,1H3. The van der Waals surface area contributed by atoms with E-state index in [4.69, 9.17) is 11.6 Å². The van der Waals surface area contributed by atoms with Gasteiger partial charge in [0.05, 0.1) is 22.8 Å². The molecule has 144 valence electrons. The first-order valence-corrected chi connectivity index (χ1v) is 9.84. The van der Waals surface area contributed by atoms with Crippen molar-refractivity contribution >= 4 is 23.2 Å². The van der Waals surface area contributed by atoms with Crippen LogP contribution in [0.1, 0.15) is 27.3 Å². The number of carbonyl (C=O) groups is 1. The summed E-state index contributed by atoms with van der Waals surface area (Å²) in [5.74, 6) is -0.110. The minimum atomic E-state index is -0.110. The van der Waals surface area contributed by atoms with E-state index in [9.17, 15) is 4.79 Å². The number of carbonyl (C=O) groups excluding carboxylic acids is 1. The van der Waals surface area contributed by atoms with Crippen LogP contribution in [0.5, 0.6) is 0 Å². The maximum absolute atomic E-state index is 13.5. The van der Waals surface area contributed by atoms with Gasteiger partial charge in [0.15, 0.2) is 0 Å². The molecule has 1 aliphatic rings. The lowest BCUT2D eigenvalue weighted by atomic mass is 10.1. The molecule has 0 unspecified atom stereocenters. The van der Waals surface area contributed by atoms with Gasteiger partial charge in [0.1, 0.15) is 0 Å². The maximum Gasteiger partial charge on any atom is 0.260 e. The van der Waals surface area contributed by atoms with E-state index in [0.717, 1.165) is 34.9 Å². The Morgan fingerprint density at radius 3 is 2.69 bits per heavy atom. The summed E-state index contributed by atoms with van der Waals surface area (Å²) in [6.45, 7) is 3.22. The molecule has 1 amide bonds. The van der Waals surface area contributed by atoms with Gasteiger partial charge in [-0.25, -0.2) is 4.68 Å². The highest BCUT2D eigenvalue weighted by molar-refractivity contribution is 6.34. The Morgan fingerprint density at radius 2 is 1.90 bits per heavy atom. The van der Waals surface area contributed by atoms with Crippen LogP contribution in [0.4, 0.5) is 5.69 Å². The van der Waals surface area contributed by atoms with Crippen molar-refractivity contribution in [1.29, 1.82) is 0 Å². The molecule has 0 saturated heterocycles. The lowest BCUT2D eigenvalue weighted by Gasteiger charge is -2.23. The molecular formula is C23H19ClN4O. The summed E-state index contributed by atoms with van der Waals surface area (Å²) in [7, 11) is 0. The van der Waals surface area contributed by atoms with Gasteiger partial charge in [-0.2, -0.15) is 5.10 Å². The number of hydrogen-bond acceptors (Lipinski definition) is 2. The molecule has 2 aromatic carbocycles. The molecule has 0 N–H and O–H groups in total. The van der Waals surface area contributed by atoms with Crippen molar-refractivity contribution in [3.8, 4) is 5.69 Å². The summed E-state index contributed by atoms with van der Waals surface area (Å²) in [5.41, 5.74) is 5.44. The van der Waals surface area contributed by atoms with Crippen molar-refractivity contribution in [2.24, 2.45) is 0 Å². The average molecular weight is 403 g/mol. The van der Waals surface area contributed by atoms with Crippen LogP contribution in [0.25, 0.3) is 5.69 Å². The number of para-hydroxylation sites is 1. The van der Waals surface area contributed by atoms with Crippen molar-refractivity contribution in [3.05, 3.63) is 101 Å². The molecule has 0 aliphatic carbocycles. The highest BCUT2D eigenvalue weighted by Gasteiger charge is 2.26. The number of fused-ring (bicyclic) bond motifs is 2. The predicted octanol–water partition coefficient (Wildman–Crippen LogP) is 4.84. The zero-order valence-electron chi connectivity index (χ0n) is 15.9. The molecule has 2 aromatic heterocycles. The van der Waals surface area contributed by atoms with Crippen molar-refractivity contribution in [2.75, 3.05) is 4.90 Å². The summed E-state index contributed by atoms with van der Waals surface area (Å²) in [4.78, 5) is 15.4. The molecule has 3 heterocycles. The summed E-state index contributed by atoms with van der Waals surface area (Å²) in [6.07, 6.45) is 3.79. The van der Waals surface area contributed by atoms with Crippen LogP contribution >= 0.6 is 11.6 Å². The van der Waals surface area contributed by atoms with Crippen molar-refractivity contribution < 1.29 is 4.79 Å². The summed E-state index contributed by atoms with van der Waals surface area (Å²) in [5, 5.41) is 4.73. The van der Waals surface area contributed by atoms with Gasteiger partial charge < -0.3 is 9.47 Å². The van der Waals surface area contributed by atoms with E-state index in [0.29, 0.717) is 17.1 Å². The van der Waals surface area contributed by atoms with Gasteiger partial charge in [-0.05, 0) is 55.0 Å². The molecular weight excluding hydrogens is 384 g/mol. The quantitative estimate of drug-likeness (QED) is 0.481. The highest BCUT2D eigenvalue weighted by atomic mass is 35.5. The number of anilines is 1. The van der Waals surface area contributed by atoms with Gasteiger partial charge in [-0.1, -0.05) is 29.8 Å². The fourth-order valence-corrected chi connectivity index (χ4v) is 4.12. The molecule has 29 heavy (non-hydrogen) atoms. The van der Waals surface area contributed by atoms with E-state index in [-0.39, 0.29) is 5.91 Å². The topological polar surface area (TPSA) is 43.1 Å². The molecule has 1 aliphatic heterocycles. The number of aryl methyl sites for hydroxylation is 1. The Balaban J connectivity index is 1.56. The number of halogens is 1. The highest BCUT2D eigenvalue weighted by Crippen LogP contribution is 2.31. The number of rotatable bonds is 2. The van der Waals surface area contributed by atoms with E-state index < -0.39 is 0 Å². The third kappa shape index (κ3) is 3.04. The van der Waals surface area contributed by atoms with Crippen LogP contribution in [-0.2, 0) is 13.1 Å². The van der Waals surface area contributed by atoms with Gasteiger partial charge >= 0.3 is 0 Å². The lowest BCUT2D eigenvalue weighted by molar-refractivity contribution is 0.0985. The van der Waals surface area contributed by atoms with E-state index >= 15 is 0 Å². The molecule has 0 fully saturated rings. The SMILES string of the molecule is Cc1ccnn1-c1ccc(C(=O)N2Cc3cccn3Cc3ccccc32)c(Cl)c1. The van der Waals surface area contributed by atoms with Crippen LogP contribution in [-0.4, -0.2) is 20.3 Å². The molecule has 5 nitrogen and oxygen atoms in total. The second-order valence-electron chi connectivity index (χ2n) is 7.20. The zero-order valence-corrected chi connectivity index (χ0v) is 16.7. The van der Waals surface area contributed by atoms with E-state index in [1.807, 2.05) is 54.4 Å². The Bertz CT molecular complexity index is 1220. The minimum absolute atomic E-state index is 0.110. The Labute approximate surface area is 173 Å². The summed E-state index contributed by atoms with van der Waals surface area (Å²) in [6, 6.07) is 19.5. The fourth-order valence-electron chi connectivity index (χ4n) is 3.86. The Hall–Kier alpha value is -3.31. The smallest absolute Gasteiger partial charge is 0.260 e. The van der Waals surface area contributed by atoms with Crippen LogP contribution in [0.2, 0.25) is 5.02 Å². The summed E-state index contributed by atoms with van der Waals surface area (Å²) >= 11 is 6.57. The van der Waals surface area contributed by atoms with Gasteiger partial charge in [-0.15, -0.1) is 0 Å². The Morgan fingerprint density at radius 1 is 1.03 bits per heavy atom. The van der Waals surface area contributed by atoms with E-state index in [1.54, 1.807) is 23.0 Å². The molecule has 5 rings (SSSR count). The van der Waals surface area contributed by atoms with E-state index in [2.05, 4.69) is 21.8 Å². The third-order valence-corrected chi connectivity index (χ3v) is 5.68. The number of benzene rings is 2. The molecule has 0 atom stereocenters. The first-order valence-electron chi connectivity index (χ1n) is 9.46. The normalized spacial score (nSPS) is 13.0. The zero-order chi connectivity index (χ0) is 20.0. The molecule has 4 aromatic rings. The molecule has 0 saturated carbocycles. The van der Waals surface area contributed by atoms with Crippen LogP contribution < -0.4 is 4.90 Å². The van der Waals surface area contributed by atoms with Gasteiger partial charge in [-0.3, -0.25) is 4.79 Å². The number of hydrogen-bond donors (Lipinski definition) is 0. The first-order chi connectivity index (χ1) is 14.1. The largest absolute Gasteiger partial charge is 0.345 e. The van der Waals surface area contributed by atoms with Crippen LogP contribution in [0.15, 0.2) is 73.1 Å². The predicted molar refractivity (Wildman–Crippen MR) is 114 cm³/mol. The molecule has 0 radical (unpaired) electrons. The van der Waals surface area contributed by atoms with Crippen LogP contribution in [0.3, 0.4) is 0 Å². The number of nitrogens with zero attached hydrogens (tertiary/aromatic N) is 4. The van der Waals surface area contributed by atoms with Crippen molar-refractivity contribution in [1.82, 2.24) is 14.3 Å². The van der Waals surface area contributed by atoms with Crippen molar-refractivity contribution in [2.45, 2.75) is 20.0 Å². The van der Waals surface area contributed by atoms with Gasteiger partial charge in [0.2, 0.25) is 0 Å². The minimum Gasteiger partial charge on any atom is -0.345 e. The van der Waals surface area contributed by atoms with Crippen molar-refractivity contribution in [3.63, 3.8) is 0 Å². The second-order valence-corrected chi connectivity index (χ2v) is 7.60. The van der Waals surface area contributed by atoms with Gasteiger partial charge in [0.25, 0.3) is 5.91 Å². The first kappa shape index (κ1) is 17.8. The Kier molecular flexibility index (Phi) is 4.25. The molecule has 6 heteroatoms. The second kappa shape index (κ2) is 6.94. The fraction of sp³-hybridized carbons (Fsp3) is 0.130. The monoisotopic (exact) mass is 402 g/mol. The maximum atomic E-state index is 13.5. The van der Waals surface area contributed by atoms with Gasteiger partial charge in [0, 0.05) is 36.0 Å². The van der Waals surface area contributed by atoms with E-state index in [1.165, 1.54) is 0 Å². The molecule has 0 bridgehead atoms. The number of aromatic nitrogens is 3.